The van der Waals surface area contributed by atoms with Crippen molar-refractivity contribution in [3.63, 3.8) is 0 Å². The Morgan fingerprint density at radius 2 is 1.12 bits per heavy atom. The summed E-state index contributed by atoms with van der Waals surface area (Å²) in [6.07, 6.45) is -1.71. The standard InChI is InChI=1S/C20H20Cl2N4O6/c1-11(25-31-19(27)23-13-5-7-17(29-3)15(21)9-13)12(2)26-32-20(28)24-14-6-8-18(30-4)16(22)10-14/h5-10H,1-4H3,(H,23,27)(H,24,28)/b25-11+,26-12+. The Morgan fingerprint density at radius 1 is 0.750 bits per heavy atom. The lowest BCUT2D eigenvalue weighted by atomic mass is 10.3. The zero-order chi connectivity index (χ0) is 23.7. The third-order valence-electron chi connectivity index (χ3n) is 3.85. The molecule has 0 atom stereocenters. The van der Waals surface area contributed by atoms with Crippen molar-refractivity contribution in [2.45, 2.75) is 13.8 Å². The van der Waals surface area contributed by atoms with Gasteiger partial charge in [0, 0.05) is 11.4 Å². The summed E-state index contributed by atoms with van der Waals surface area (Å²) in [5.74, 6) is 0.927. The number of halogens is 2. The van der Waals surface area contributed by atoms with Crippen molar-refractivity contribution in [2.75, 3.05) is 24.9 Å². The summed E-state index contributed by atoms with van der Waals surface area (Å²) in [5.41, 5.74) is 1.18. The van der Waals surface area contributed by atoms with Gasteiger partial charge in [0.15, 0.2) is 0 Å². The second kappa shape index (κ2) is 11.8. The Balaban J connectivity index is 1.87. The highest BCUT2D eigenvalue weighted by Gasteiger charge is 2.09. The van der Waals surface area contributed by atoms with E-state index in [2.05, 4.69) is 20.9 Å². The van der Waals surface area contributed by atoms with Crippen LogP contribution in [0.5, 0.6) is 11.5 Å². The number of carbonyl (C=O) groups excluding carboxylic acids is 2. The SMILES string of the molecule is COc1ccc(NC(=O)O/N=C(C)/C(C)=N/OC(=O)Nc2ccc(OC)c(Cl)c2)cc1Cl. The molecule has 0 saturated heterocycles. The van der Waals surface area contributed by atoms with Crippen LogP contribution in [0, 0.1) is 0 Å². The van der Waals surface area contributed by atoms with Crippen LogP contribution < -0.4 is 20.1 Å². The third kappa shape index (κ3) is 7.33. The maximum absolute atomic E-state index is 11.9. The van der Waals surface area contributed by atoms with Crippen molar-refractivity contribution in [3.05, 3.63) is 46.4 Å². The number of anilines is 2. The van der Waals surface area contributed by atoms with Gasteiger partial charge in [-0.15, -0.1) is 0 Å². The van der Waals surface area contributed by atoms with E-state index in [0.29, 0.717) is 32.9 Å². The lowest BCUT2D eigenvalue weighted by Gasteiger charge is -2.07. The minimum absolute atomic E-state index is 0.202. The Bertz CT molecular complexity index is 975. The molecule has 0 saturated carbocycles. The zero-order valence-corrected chi connectivity index (χ0v) is 19.1. The molecule has 0 radical (unpaired) electrons. The van der Waals surface area contributed by atoms with E-state index in [4.69, 9.17) is 42.4 Å². The first-order chi connectivity index (χ1) is 15.2. The van der Waals surface area contributed by atoms with Crippen LogP contribution in [0.15, 0.2) is 46.7 Å². The molecule has 2 aromatic rings. The van der Waals surface area contributed by atoms with Gasteiger partial charge in [0.2, 0.25) is 0 Å². The zero-order valence-electron chi connectivity index (χ0n) is 17.6. The Morgan fingerprint density at radius 3 is 1.44 bits per heavy atom. The van der Waals surface area contributed by atoms with Crippen molar-refractivity contribution in [2.24, 2.45) is 10.3 Å². The van der Waals surface area contributed by atoms with Gasteiger partial charge in [-0.05, 0) is 50.2 Å². The number of amides is 2. The number of oxime groups is 2. The molecule has 2 N–H and O–H groups in total. The van der Waals surface area contributed by atoms with E-state index in [1.807, 2.05) is 0 Å². The summed E-state index contributed by atoms with van der Waals surface area (Å²) in [5, 5.41) is 12.8. The summed E-state index contributed by atoms with van der Waals surface area (Å²) in [4.78, 5) is 33.3. The lowest BCUT2D eigenvalue weighted by Crippen LogP contribution is -2.16. The fourth-order valence-corrected chi connectivity index (χ4v) is 2.64. The lowest BCUT2D eigenvalue weighted by molar-refractivity contribution is 0.164. The first kappa shape index (κ1) is 24.8. The molecule has 0 aliphatic heterocycles. The van der Waals surface area contributed by atoms with Gasteiger partial charge in [-0.2, -0.15) is 0 Å². The number of hydrogen-bond acceptors (Lipinski definition) is 8. The van der Waals surface area contributed by atoms with Crippen molar-refractivity contribution in [3.8, 4) is 11.5 Å². The molecule has 10 nitrogen and oxygen atoms in total. The van der Waals surface area contributed by atoms with E-state index in [1.165, 1.54) is 40.2 Å². The summed E-state index contributed by atoms with van der Waals surface area (Å²) < 4.78 is 10.1. The van der Waals surface area contributed by atoms with Gasteiger partial charge in [-0.1, -0.05) is 33.5 Å². The molecule has 0 aromatic heterocycles. The Hall–Kier alpha value is -3.50. The molecule has 170 valence electrons. The predicted octanol–water partition coefficient (Wildman–Crippen LogP) is 5.56. The number of ether oxygens (including phenoxy) is 2. The summed E-state index contributed by atoms with van der Waals surface area (Å²) >= 11 is 12.0. The highest BCUT2D eigenvalue weighted by Crippen LogP contribution is 2.28. The molecule has 32 heavy (non-hydrogen) atoms. The smallest absolute Gasteiger partial charge is 0.437 e. The molecule has 0 aliphatic carbocycles. The molecule has 2 amide bonds. The monoisotopic (exact) mass is 482 g/mol. The van der Waals surface area contributed by atoms with Crippen LogP contribution in [0.25, 0.3) is 0 Å². The van der Waals surface area contributed by atoms with E-state index in [9.17, 15) is 9.59 Å². The number of hydrogen-bond donors (Lipinski definition) is 2. The van der Waals surface area contributed by atoms with Crippen LogP contribution >= 0.6 is 23.2 Å². The Kier molecular flexibility index (Phi) is 9.11. The number of benzene rings is 2. The van der Waals surface area contributed by atoms with E-state index in [0.717, 1.165) is 0 Å². The van der Waals surface area contributed by atoms with Crippen LogP contribution in [0.3, 0.4) is 0 Å². The van der Waals surface area contributed by atoms with Crippen LogP contribution in [-0.4, -0.2) is 37.8 Å². The largest absolute Gasteiger partial charge is 0.495 e. The van der Waals surface area contributed by atoms with Gasteiger partial charge in [-0.25, -0.2) is 9.59 Å². The number of methoxy groups -OCH3 is 2. The van der Waals surface area contributed by atoms with E-state index < -0.39 is 12.2 Å². The first-order valence-corrected chi connectivity index (χ1v) is 9.71. The van der Waals surface area contributed by atoms with Crippen molar-refractivity contribution in [1.82, 2.24) is 0 Å². The van der Waals surface area contributed by atoms with Crippen molar-refractivity contribution in [1.29, 1.82) is 0 Å². The minimum atomic E-state index is -0.853. The van der Waals surface area contributed by atoms with Crippen LogP contribution in [0.1, 0.15) is 13.8 Å². The number of carbonyl (C=O) groups is 2. The third-order valence-corrected chi connectivity index (χ3v) is 4.44. The van der Waals surface area contributed by atoms with Crippen LogP contribution in [0.2, 0.25) is 10.0 Å². The average molecular weight is 483 g/mol. The topological polar surface area (TPSA) is 120 Å². The van der Waals surface area contributed by atoms with Crippen LogP contribution in [-0.2, 0) is 9.68 Å². The van der Waals surface area contributed by atoms with Gasteiger partial charge in [-0.3, -0.25) is 20.3 Å². The predicted molar refractivity (Wildman–Crippen MR) is 122 cm³/mol. The number of rotatable bonds is 7. The van der Waals surface area contributed by atoms with Gasteiger partial charge >= 0.3 is 12.2 Å². The second-order valence-corrected chi connectivity index (χ2v) is 6.87. The highest BCUT2D eigenvalue weighted by atomic mass is 35.5. The Labute approximate surface area is 194 Å². The molecule has 0 aliphatic rings. The maximum Gasteiger partial charge on any atom is 0.437 e. The fraction of sp³-hybridized carbons (Fsp3) is 0.200. The van der Waals surface area contributed by atoms with Crippen LogP contribution in [0.4, 0.5) is 21.0 Å². The van der Waals surface area contributed by atoms with E-state index in [1.54, 1.807) is 24.3 Å². The van der Waals surface area contributed by atoms with Crippen molar-refractivity contribution >= 4 is 58.2 Å². The molecule has 2 rings (SSSR count). The molecule has 0 fully saturated rings. The molecule has 0 unspecified atom stereocenters. The first-order valence-electron chi connectivity index (χ1n) is 8.96. The molecule has 2 aromatic carbocycles. The van der Waals surface area contributed by atoms with Gasteiger partial charge in [0.25, 0.3) is 0 Å². The molecule has 0 heterocycles. The maximum atomic E-state index is 11.9. The summed E-state index contributed by atoms with van der Waals surface area (Å²) in [6, 6.07) is 9.33. The molecule has 0 bridgehead atoms. The van der Waals surface area contributed by atoms with E-state index >= 15 is 0 Å². The number of nitrogens with zero attached hydrogens (tertiary/aromatic N) is 2. The quantitative estimate of drug-likeness (QED) is 0.302. The van der Waals surface area contributed by atoms with Gasteiger partial charge in [0.05, 0.1) is 24.3 Å². The van der Waals surface area contributed by atoms with Crippen molar-refractivity contribution < 1.29 is 28.7 Å². The minimum Gasteiger partial charge on any atom is -0.495 e. The normalized spacial score (nSPS) is 11.4. The fourth-order valence-electron chi connectivity index (χ4n) is 2.12. The second-order valence-electron chi connectivity index (χ2n) is 6.06. The molecular formula is C20H20Cl2N4O6. The van der Waals surface area contributed by atoms with Gasteiger partial charge in [0.1, 0.15) is 22.9 Å². The summed E-state index contributed by atoms with van der Waals surface area (Å²) in [6.45, 7) is 3.03. The highest BCUT2D eigenvalue weighted by molar-refractivity contribution is 6.40. The molecule has 12 heteroatoms. The summed E-state index contributed by atoms with van der Waals surface area (Å²) in [7, 11) is 2.96. The molecule has 0 spiro atoms. The molecular weight excluding hydrogens is 463 g/mol. The average Bonchev–Trinajstić information content (AvgIpc) is 2.76. The number of nitrogens with one attached hydrogen (secondary N) is 2. The van der Waals surface area contributed by atoms with Gasteiger partial charge < -0.3 is 9.47 Å². The van der Waals surface area contributed by atoms with E-state index in [-0.39, 0.29) is 11.4 Å².